The Kier molecular flexibility index (Phi) is 6.14. The molecule has 168 valence electrons. The van der Waals surface area contributed by atoms with Crippen LogP contribution in [0.25, 0.3) is 10.9 Å². The zero-order chi connectivity index (χ0) is 21.9. The van der Waals surface area contributed by atoms with Crippen molar-refractivity contribution in [3.05, 3.63) is 48.0 Å². The summed E-state index contributed by atoms with van der Waals surface area (Å²) < 4.78 is 20.4. The number of benzene rings is 1. The zero-order valence-electron chi connectivity index (χ0n) is 17.9. The van der Waals surface area contributed by atoms with Crippen LogP contribution in [0, 0.1) is 5.82 Å². The van der Waals surface area contributed by atoms with Crippen LogP contribution >= 0.6 is 0 Å². The van der Waals surface area contributed by atoms with Gasteiger partial charge in [-0.3, -0.25) is 0 Å². The first-order chi connectivity index (χ1) is 15.7. The van der Waals surface area contributed by atoms with Gasteiger partial charge in [0.2, 0.25) is 11.8 Å². The van der Waals surface area contributed by atoms with Gasteiger partial charge in [-0.2, -0.15) is 0 Å². The number of rotatable bonds is 5. The molecule has 1 aromatic carbocycles. The first kappa shape index (κ1) is 21.0. The van der Waals surface area contributed by atoms with Gasteiger partial charge in [0.1, 0.15) is 11.9 Å². The highest BCUT2D eigenvalue weighted by molar-refractivity contribution is 5.87. The van der Waals surface area contributed by atoms with Crippen LogP contribution in [-0.4, -0.2) is 45.4 Å². The first-order valence-corrected chi connectivity index (χ1v) is 11.4. The summed E-state index contributed by atoms with van der Waals surface area (Å²) in [5.41, 5.74) is 2.14. The third-order valence-electron chi connectivity index (χ3n) is 6.43. The predicted molar refractivity (Wildman–Crippen MR) is 121 cm³/mol. The van der Waals surface area contributed by atoms with E-state index in [4.69, 9.17) is 9.72 Å². The summed E-state index contributed by atoms with van der Waals surface area (Å²) in [5, 5.41) is 17.0. The summed E-state index contributed by atoms with van der Waals surface area (Å²) in [4.78, 5) is 13.9. The molecule has 1 aliphatic carbocycles. The first-order valence-electron chi connectivity index (χ1n) is 11.4. The number of fused-ring (bicyclic) bond motifs is 1. The van der Waals surface area contributed by atoms with Gasteiger partial charge in [-0.1, -0.05) is 12.1 Å². The van der Waals surface area contributed by atoms with Crippen LogP contribution < -0.4 is 15.4 Å². The van der Waals surface area contributed by atoms with Gasteiger partial charge in [-0.25, -0.2) is 19.3 Å². The molecule has 2 aliphatic rings. The van der Waals surface area contributed by atoms with Crippen LogP contribution in [0.4, 0.5) is 16.0 Å². The number of para-hydroxylation sites is 1. The van der Waals surface area contributed by atoms with Crippen molar-refractivity contribution in [2.75, 3.05) is 18.4 Å². The zero-order valence-corrected chi connectivity index (χ0v) is 17.9. The van der Waals surface area contributed by atoms with E-state index in [1.807, 2.05) is 6.20 Å². The lowest BCUT2D eigenvalue weighted by Crippen LogP contribution is -2.34. The Labute approximate surface area is 186 Å². The quantitative estimate of drug-likeness (QED) is 0.554. The molecule has 0 radical (unpaired) electrons. The van der Waals surface area contributed by atoms with Gasteiger partial charge in [-0.05, 0) is 69.7 Å². The molecule has 0 bridgehead atoms. The topological polar surface area (TPSA) is 92.2 Å². The van der Waals surface area contributed by atoms with Crippen molar-refractivity contribution >= 4 is 22.5 Å². The smallest absolute Gasteiger partial charge is 0.227 e. The molecule has 2 aromatic heterocycles. The minimum absolute atomic E-state index is 0.110. The Balaban J connectivity index is 1.52. The molecular formula is C24H28FN5O2. The number of hydrogen-bond donors (Lipinski definition) is 3. The Morgan fingerprint density at radius 2 is 1.78 bits per heavy atom. The number of hydrogen-bond acceptors (Lipinski definition) is 7. The third-order valence-corrected chi connectivity index (χ3v) is 6.43. The van der Waals surface area contributed by atoms with E-state index in [0.29, 0.717) is 17.5 Å². The summed E-state index contributed by atoms with van der Waals surface area (Å²) in [5.74, 6) is 0.780. The summed E-state index contributed by atoms with van der Waals surface area (Å²) in [7, 11) is 0. The molecule has 5 rings (SSSR count). The van der Waals surface area contributed by atoms with Crippen molar-refractivity contribution in [2.24, 2.45) is 0 Å². The molecule has 1 saturated heterocycles. The Morgan fingerprint density at radius 1 is 1.00 bits per heavy atom. The molecule has 8 heteroatoms. The molecule has 0 spiro atoms. The summed E-state index contributed by atoms with van der Waals surface area (Å²) in [6.45, 7) is 1.86. The van der Waals surface area contributed by atoms with Gasteiger partial charge in [0, 0.05) is 18.0 Å². The third kappa shape index (κ3) is 4.52. The molecule has 1 aliphatic heterocycles. The normalized spacial score (nSPS) is 22.1. The van der Waals surface area contributed by atoms with Crippen molar-refractivity contribution in [1.82, 2.24) is 20.3 Å². The summed E-state index contributed by atoms with van der Waals surface area (Å²) >= 11 is 0. The van der Waals surface area contributed by atoms with Gasteiger partial charge in [0.15, 0.2) is 0 Å². The number of aromatic nitrogens is 3. The van der Waals surface area contributed by atoms with E-state index in [9.17, 15) is 9.50 Å². The van der Waals surface area contributed by atoms with Crippen molar-refractivity contribution in [2.45, 2.75) is 56.7 Å². The van der Waals surface area contributed by atoms with Crippen LogP contribution in [0.15, 0.2) is 36.7 Å². The molecule has 0 atom stereocenters. The van der Waals surface area contributed by atoms with Gasteiger partial charge >= 0.3 is 0 Å². The van der Waals surface area contributed by atoms with Gasteiger partial charge in [-0.15, -0.1) is 0 Å². The van der Waals surface area contributed by atoms with E-state index in [-0.39, 0.29) is 23.9 Å². The molecule has 2 fully saturated rings. The van der Waals surface area contributed by atoms with Crippen LogP contribution in [-0.2, 0) is 0 Å². The molecule has 3 aromatic rings. The highest BCUT2D eigenvalue weighted by atomic mass is 19.1. The van der Waals surface area contributed by atoms with Gasteiger partial charge < -0.3 is 20.5 Å². The fraction of sp³-hybridized carbons (Fsp3) is 0.458. The highest BCUT2D eigenvalue weighted by Crippen LogP contribution is 2.38. The summed E-state index contributed by atoms with van der Waals surface area (Å²) in [6, 6.07) is 6.47. The Bertz CT molecular complexity index is 1080. The monoisotopic (exact) mass is 437 g/mol. The van der Waals surface area contributed by atoms with Gasteiger partial charge in [0.25, 0.3) is 0 Å². The van der Waals surface area contributed by atoms with Crippen LogP contribution in [0.5, 0.6) is 5.88 Å². The molecular weight excluding hydrogens is 409 g/mol. The number of nitrogens with zero attached hydrogens (tertiary/aromatic N) is 3. The number of anilines is 2. The summed E-state index contributed by atoms with van der Waals surface area (Å²) in [6.07, 6.45) is 8.62. The lowest BCUT2D eigenvalue weighted by atomic mass is 9.83. The molecule has 0 amide bonds. The van der Waals surface area contributed by atoms with E-state index in [1.165, 1.54) is 6.07 Å². The second-order valence-corrected chi connectivity index (χ2v) is 8.65. The number of piperidine rings is 1. The van der Waals surface area contributed by atoms with Crippen LogP contribution in [0.1, 0.15) is 50.0 Å². The maximum absolute atomic E-state index is 14.1. The van der Waals surface area contributed by atoms with E-state index < -0.39 is 0 Å². The predicted octanol–water partition coefficient (Wildman–Crippen LogP) is 4.06. The lowest BCUT2D eigenvalue weighted by molar-refractivity contribution is 0.122. The fourth-order valence-electron chi connectivity index (χ4n) is 4.61. The average molecular weight is 438 g/mol. The van der Waals surface area contributed by atoms with E-state index in [1.54, 1.807) is 24.4 Å². The minimum Gasteiger partial charge on any atom is -0.474 e. The fourth-order valence-corrected chi connectivity index (χ4v) is 4.61. The molecule has 7 nitrogen and oxygen atoms in total. The van der Waals surface area contributed by atoms with Crippen molar-refractivity contribution < 1.29 is 14.2 Å². The van der Waals surface area contributed by atoms with E-state index >= 15 is 0 Å². The number of aliphatic hydroxyl groups excluding tert-OH is 1. The number of nitrogens with one attached hydrogen (secondary N) is 2. The largest absolute Gasteiger partial charge is 0.474 e. The number of ether oxygens (including phenoxy) is 1. The van der Waals surface area contributed by atoms with Crippen molar-refractivity contribution in [3.63, 3.8) is 0 Å². The van der Waals surface area contributed by atoms with E-state index in [0.717, 1.165) is 68.1 Å². The standard InChI is InChI=1S/C24H28FN5O2/c25-20-3-1-2-4-21(20)29-24-28-14-19-22(30-24)18(15-5-7-16(31)8-6-15)13-27-23(19)32-17-9-11-26-12-10-17/h1-4,13-17,26,31H,5-12H2,(H,28,29,30). The second-order valence-electron chi connectivity index (χ2n) is 8.65. The lowest BCUT2D eigenvalue weighted by Gasteiger charge is -2.27. The molecule has 1 saturated carbocycles. The van der Waals surface area contributed by atoms with Crippen LogP contribution in [0.3, 0.4) is 0 Å². The molecule has 3 heterocycles. The second kappa shape index (κ2) is 9.34. The van der Waals surface area contributed by atoms with Crippen LogP contribution in [0.2, 0.25) is 0 Å². The minimum atomic E-state index is -0.359. The molecule has 32 heavy (non-hydrogen) atoms. The van der Waals surface area contributed by atoms with Gasteiger partial charge in [0.05, 0.1) is 22.7 Å². The maximum atomic E-state index is 14.1. The van der Waals surface area contributed by atoms with E-state index in [2.05, 4.69) is 20.6 Å². The Morgan fingerprint density at radius 3 is 2.56 bits per heavy atom. The highest BCUT2D eigenvalue weighted by Gasteiger charge is 2.25. The number of aliphatic hydroxyl groups is 1. The number of pyridine rings is 1. The maximum Gasteiger partial charge on any atom is 0.227 e. The van der Waals surface area contributed by atoms with Crippen molar-refractivity contribution in [1.29, 1.82) is 0 Å². The average Bonchev–Trinajstić information content (AvgIpc) is 2.82. The SMILES string of the molecule is OC1CCC(c2cnc(OC3CCNCC3)c3cnc(Nc4ccccc4F)nc23)CC1. The number of halogens is 1. The molecule has 0 unspecified atom stereocenters. The van der Waals surface area contributed by atoms with Crippen molar-refractivity contribution in [3.8, 4) is 5.88 Å². The Hall–Kier alpha value is -2.84. The molecule has 3 N–H and O–H groups in total.